The van der Waals surface area contributed by atoms with E-state index < -0.39 is 11.9 Å². The second kappa shape index (κ2) is 5.45. The van der Waals surface area contributed by atoms with Crippen molar-refractivity contribution in [3.05, 3.63) is 40.7 Å². The number of carboxylic acids is 1. The van der Waals surface area contributed by atoms with E-state index in [-0.39, 0.29) is 17.2 Å². The number of amides is 1. The van der Waals surface area contributed by atoms with Gasteiger partial charge in [-0.1, -0.05) is 6.07 Å². The second-order valence-corrected chi connectivity index (χ2v) is 5.27. The van der Waals surface area contributed by atoms with E-state index in [2.05, 4.69) is 20.5 Å². The summed E-state index contributed by atoms with van der Waals surface area (Å²) in [6, 6.07) is 4.91. The molecule has 0 unspecified atom stereocenters. The average Bonchev–Trinajstić information content (AvgIpc) is 3.16. The fourth-order valence-corrected chi connectivity index (χ4v) is 2.43. The molecule has 0 aromatic carbocycles. The van der Waals surface area contributed by atoms with Gasteiger partial charge in [-0.15, -0.1) is 11.3 Å². The van der Waals surface area contributed by atoms with Gasteiger partial charge in [-0.05, 0) is 18.4 Å². The lowest BCUT2D eigenvalue weighted by molar-refractivity contribution is 0.0690. The molecule has 0 atom stereocenters. The Kier molecular flexibility index (Phi) is 3.47. The number of carboxylic acid groups (broad SMARTS) is 1. The molecule has 3 N–H and O–H groups in total. The van der Waals surface area contributed by atoms with Gasteiger partial charge < -0.3 is 14.8 Å². The van der Waals surface area contributed by atoms with Crippen molar-refractivity contribution in [3.63, 3.8) is 0 Å². The van der Waals surface area contributed by atoms with Crippen LogP contribution in [0.1, 0.15) is 26.7 Å². The fraction of sp³-hybridized carbons (Fsp3) is 0.0769. The van der Waals surface area contributed by atoms with Gasteiger partial charge in [-0.25, -0.2) is 9.78 Å². The number of oxazole rings is 1. The highest BCUT2D eigenvalue weighted by atomic mass is 32.1. The number of nitrogens with zero attached hydrogens (tertiary/aromatic N) is 2. The van der Waals surface area contributed by atoms with Crippen LogP contribution in [0.4, 0.5) is 5.82 Å². The zero-order valence-electron chi connectivity index (χ0n) is 11.3. The molecule has 0 aliphatic carbocycles. The number of H-pyrrole nitrogens is 1. The number of thiophene rings is 1. The third-order valence-corrected chi connectivity index (χ3v) is 3.65. The number of carbonyl (C=O) groups excluding carboxylic acids is 1. The zero-order chi connectivity index (χ0) is 15.7. The number of nitrogens with one attached hydrogen (secondary N) is 2. The number of aromatic amines is 1. The summed E-state index contributed by atoms with van der Waals surface area (Å²) in [7, 11) is 0. The van der Waals surface area contributed by atoms with Gasteiger partial charge in [0.2, 0.25) is 5.89 Å². The van der Waals surface area contributed by atoms with Gasteiger partial charge in [-0.2, -0.15) is 5.10 Å². The Bertz CT molecular complexity index is 834. The number of carbonyl (C=O) groups is 2. The molecular weight excluding hydrogens is 308 g/mol. The number of hydrogen-bond donors (Lipinski definition) is 3. The first-order valence-corrected chi connectivity index (χ1v) is 7.04. The first-order chi connectivity index (χ1) is 10.5. The summed E-state index contributed by atoms with van der Waals surface area (Å²) in [5, 5.41) is 19.1. The number of rotatable bonds is 4. The lowest BCUT2D eigenvalue weighted by Crippen LogP contribution is -2.13. The normalized spacial score (nSPS) is 10.6. The van der Waals surface area contributed by atoms with E-state index in [1.807, 2.05) is 17.5 Å². The van der Waals surface area contributed by atoms with Gasteiger partial charge in [0.1, 0.15) is 11.5 Å². The lowest BCUT2D eigenvalue weighted by Gasteiger charge is -1.97. The molecular formula is C13H10N4O4S. The summed E-state index contributed by atoms with van der Waals surface area (Å²) in [6.45, 7) is 1.63. The monoisotopic (exact) mass is 318 g/mol. The van der Waals surface area contributed by atoms with Crippen LogP contribution in [0.5, 0.6) is 0 Å². The largest absolute Gasteiger partial charge is 0.477 e. The molecule has 0 saturated carbocycles. The smallest absolute Gasteiger partial charge is 0.353 e. The van der Waals surface area contributed by atoms with E-state index in [9.17, 15) is 9.59 Å². The van der Waals surface area contributed by atoms with Gasteiger partial charge in [0.05, 0.1) is 4.88 Å². The highest BCUT2D eigenvalue weighted by Crippen LogP contribution is 2.26. The first kappa shape index (κ1) is 14.0. The van der Waals surface area contributed by atoms with Crippen LogP contribution >= 0.6 is 11.3 Å². The van der Waals surface area contributed by atoms with Crippen molar-refractivity contribution in [2.24, 2.45) is 0 Å². The predicted octanol–water partition coefficient (Wildman–Crippen LogP) is 2.39. The number of anilines is 1. The standard InChI is InChI=1S/C13H10N4O4S/c1-6-10(15-12(21-6)8-3-2-4-22-8)11(18)14-9-5-7(13(19)20)16-17-9/h2-5H,1H3,(H,19,20)(H2,14,16,17,18). The maximum atomic E-state index is 12.2. The van der Waals surface area contributed by atoms with E-state index >= 15 is 0 Å². The molecule has 0 fully saturated rings. The number of aromatic nitrogens is 3. The average molecular weight is 318 g/mol. The second-order valence-electron chi connectivity index (χ2n) is 4.33. The molecule has 0 aliphatic heterocycles. The molecule has 22 heavy (non-hydrogen) atoms. The molecule has 0 radical (unpaired) electrons. The van der Waals surface area contributed by atoms with Crippen molar-refractivity contribution in [3.8, 4) is 10.8 Å². The van der Waals surface area contributed by atoms with Gasteiger partial charge in [-0.3, -0.25) is 9.89 Å². The summed E-state index contributed by atoms with van der Waals surface area (Å²) in [5.74, 6) is -0.846. The molecule has 3 aromatic heterocycles. The van der Waals surface area contributed by atoms with Crippen molar-refractivity contribution in [1.82, 2.24) is 15.2 Å². The van der Waals surface area contributed by atoms with E-state index in [1.54, 1.807) is 6.92 Å². The SMILES string of the molecule is Cc1oc(-c2cccs2)nc1C(=O)Nc1cc(C(=O)O)[nH]n1. The minimum atomic E-state index is -1.16. The van der Waals surface area contributed by atoms with Crippen molar-refractivity contribution < 1.29 is 19.1 Å². The topological polar surface area (TPSA) is 121 Å². The van der Waals surface area contributed by atoms with Crippen LogP contribution in [-0.4, -0.2) is 32.2 Å². The maximum absolute atomic E-state index is 12.2. The minimum Gasteiger partial charge on any atom is -0.477 e. The Hall–Kier alpha value is -2.94. The molecule has 3 aromatic rings. The van der Waals surface area contributed by atoms with Crippen molar-refractivity contribution >= 4 is 29.0 Å². The fourth-order valence-electron chi connectivity index (χ4n) is 1.78. The van der Waals surface area contributed by atoms with Gasteiger partial charge in [0, 0.05) is 6.07 Å². The van der Waals surface area contributed by atoms with Crippen LogP contribution in [0.2, 0.25) is 0 Å². The molecule has 3 rings (SSSR count). The first-order valence-electron chi connectivity index (χ1n) is 6.16. The Morgan fingerprint density at radius 1 is 1.45 bits per heavy atom. The maximum Gasteiger partial charge on any atom is 0.353 e. The van der Waals surface area contributed by atoms with E-state index in [0.717, 1.165) is 4.88 Å². The van der Waals surface area contributed by atoms with Gasteiger partial charge in [0.25, 0.3) is 5.91 Å². The van der Waals surface area contributed by atoms with Crippen LogP contribution in [0.15, 0.2) is 28.0 Å². The van der Waals surface area contributed by atoms with Gasteiger partial charge in [0.15, 0.2) is 11.5 Å². The molecule has 9 heteroatoms. The molecule has 0 saturated heterocycles. The molecule has 0 bridgehead atoms. The van der Waals surface area contributed by atoms with Crippen LogP contribution in [-0.2, 0) is 0 Å². The van der Waals surface area contributed by atoms with E-state index in [4.69, 9.17) is 9.52 Å². The highest BCUT2D eigenvalue weighted by Gasteiger charge is 2.20. The Morgan fingerprint density at radius 2 is 2.27 bits per heavy atom. The summed E-state index contributed by atoms with van der Waals surface area (Å²) < 4.78 is 5.48. The molecule has 0 aliphatic rings. The van der Waals surface area contributed by atoms with Gasteiger partial charge >= 0.3 is 5.97 Å². The zero-order valence-corrected chi connectivity index (χ0v) is 12.1. The Labute approximate surface area is 127 Å². The Morgan fingerprint density at radius 3 is 2.91 bits per heavy atom. The van der Waals surface area contributed by atoms with Crippen LogP contribution in [0, 0.1) is 6.92 Å². The third kappa shape index (κ3) is 2.61. The van der Waals surface area contributed by atoms with E-state index in [1.165, 1.54) is 17.4 Å². The lowest BCUT2D eigenvalue weighted by atomic mass is 10.3. The Balaban J connectivity index is 1.81. The molecule has 3 heterocycles. The van der Waals surface area contributed by atoms with Crippen LogP contribution in [0.25, 0.3) is 10.8 Å². The predicted molar refractivity (Wildman–Crippen MR) is 78.1 cm³/mol. The molecule has 112 valence electrons. The van der Waals surface area contributed by atoms with Crippen molar-refractivity contribution in [2.75, 3.05) is 5.32 Å². The summed E-state index contributed by atoms with van der Waals surface area (Å²) in [6.07, 6.45) is 0. The number of aryl methyl sites for hydroxylation is 1. The molecule has 0 spiro atoms. The minimum absolute atomic E-state index is 0.0995. The van der Waals surface area contributed by atoms with Crippen LogP contribution < -0.4 is 5.32 Å². The number of aromatic carboxylic acids is 1. The summed E-state index contributed by atoms with van der Waals surface area (Å²) >= 11 is 1.45. The quantitative estimate of drug-likeness (QED) is 0.679. The van der Waals surface area contributed by atoms with Crippen molar-refractivity contribution in [2.45, 2.75) is 6.92 Å². The van der Waals surface area contributed by atoms with E-state index in [0.29, 0.717) is 11.7 Å². The molecule has 1 amide bonds. The van der Waals surface area contributed by atoms with Crippen molar-refractivity contribution in [1.29, 1.82) is 0 Å². The molecule has 8 nitrogen and oxygen atoms in total. The highest BCUT2D eigenvalue weighted by molar-refractivity contribution is 7.13. The summed E-state index contributed by atoms with van der Waals surface area (Å²) in [5.41, 5.74) is 0.00900. The van der Waals surface area contributed by atoms with Crippen LogP contribution in [0.3, 0.4) is 0 Å². The number of hydrogen-bond acceptors (Lipinski definition) is 6. The summed E-state index contributed by atoms with van der Waals surface area (Å²) in [4.78, 5) is 27.9. The third-order valence-electron chi connectivity index (χ3n) is 2.79.